The van der Waals surface area contributed by atoms with E-state index in [-0.39, 0.29) is 5.54 Å². The fourth-order valence-electron chi connectivity index (χ4n) is 2.86. The molecule has 2 heteroatoms. The third kappa shape index (κ3) is 2.70. The van der Waals surface area contributed by atoms with Crippen molar-refractivity contribution in [3.05, 3.63) is 35.4 Å². The van der Waals surface area contributed by atoms with Crippen LogP contribution in [0.4, 0.5) is 0 Å². The van der Waals surface area contributed by atoms with E-state index in [0.29, 0.717) is 0 Å². The highest BCUT2D eigenvalue weighted by atomic mass is 14.9. The fraction of sp³-hybridized carbons (Fsp3) is 0.600. The van der Waals surface area contributed by atoms with Crippen molar-refractivity contribution in [1.82, 2.24) is 5.32 Å². The van der Waals surface area contributed by atoms with E-state index in [1.54, 1.807) is 0 Å². The minimum atomic E-state index is 0.132. The highest BCUT2D eigenvalue weighted by Crippen LogP contribution is 2.36. The molecule has 1 aromatic carbocycles. The van der Waals surface area contributed by atoms with Gasteiger partial charge in [-0.15, -0.1) is 0 Å². The second-order valence-corrected chi connectivity index (χ2v) is 5.81. The Morgan fingerprint density at radius 2 is 2.00 bits per heavy atom. The molecule has 1 aliphatic carbocycles. The summed E-state index contributed by atoms with van der Waals surface area (Å²) < 4.78 is 0. The molecule has 1 aliphatic heterocycles. The van der Waals surface area contributed by atoms with Gasteiger partial charge in [-0.25, -0.2) is 0 Å². The van der Waals surface area contributed by atoms with E-state index in [0.717, 1.165) is 25.4 Å². The Labute approximate surface area is 104 Å². The van der Waals surface area contributed by atoms with Crippen LogP contribution >= 0.6 is 0 Å². The van der Waals surface area contributed by atoms with Gasteiger partial charge in [0.25, 0.3) is 0 Å². The summed E-state index contributed by atoms with van der Waals surface area (Å²) in [4.78, 5) is 0. The maximum Gasteiger partial charge on any atom is 0.0196 e. The molecule has 1 aromatic rings. The summed E-state index contributed by atoms with van der Waals surface area (Å²) >= 11 is 0. The van der Waals surface area contributed by atoms with Crippen LogP contribution in [-0.2, 0) is 6.42 Å². The Bertz CT molecular complexity index is 390. The Kier molecular flexibility index (Phi) is 2.93. The highest BCUT2D eigenvalue weighted by Gasteiger charge is 2.37. The molecule has 0 radical (unpaired) electrons. The van der Waals surface area contributed by atoms with Gasteiger partial charge in [0, 0.05) is 5.54 Å². The molecule has 1 saturated heterocycles. The smallest absolute Gasteiger partial charge is 0.0196 e. The summed E-state index contributed by atoms with van der Waals surface area (Å²) in [6.45, 7) is 2.32. The van der Waals surface area contributed by atoms with Crippen LogP contribution in [0, 0.1) is 0 Å². The van der Waals surface area contributed by atoms with Gasteiger partial charge in [0.05, 0.1) is 0 Å². The topological polar surface area (TPSA) is 38.0 Å². The lowest BCUT2D eigenvalue weighted by Gasteiger charge is -2.23. The van der Waals surface area contributed by atoms with Crippen LogP contribution < -0.4 is 11.1 Å². The van der Waals surface area contributed by atoms with Gasteiger partial charge in [0.2, 0.25) is 0 Å². The van der Waals surface area contributed by atoms with Gasteiger partial charge >= 0.3 is 0 Å². The molecule has 2 nitrogen and oxygen atoms in total. The van der Waals surface area contributed by atoms with Gasteiger partial charge in [-0.3, -0.25) is 0 Å². The zero-order valence-electron chi connectivity index (χ0n) is 10.4. The van der Waals surface area contributed by atoms with E-state index in [9.17, 15) is 0 Å². The minimum absolute atomic E-state index is 0.132. The summed E-state index contributed by atoms with van der Waals surface area (Å²) in [6, 6.07) is 9.12. The van der Waals surface area contributed by atoms with Gasteiger partial charge in [-0.2, -0.15) is 0 Å². The molecule has 2 fully saturated rings. The zero-order valence-corrected chi connectivity index (χ0v) is 10.4. The van der Waals surface area contributed by atoms with Crippen molar-refractivity contribution in [3.63, 3.8) is 0 Å². The lowest BCUT2D eigenvalue weighted by atomic mass is 9.88. The van der Waals surface area contributed by atoms with E-state index in [4.69, 9.17) is 5.73 Å². The molecule has 1 saturated carbocycles. The van der Waals surface area contributed by atoms with Crippen molar-refractivity contribution in [3.8, 4) is 0 Å². The van der Waals surface area contributed by atoms with Gasteiger partial charge in [-0.05, 0) is 62.2 Å². The number of nitrogens with two attached hydrogens (primary N) is 1. The molecule has 3 rings (SSSR count). The zero-order chi connectivity index (χ0) is 11.7. The van der Waals surface area contributed by atoms with Crippen molar-refractivity contribution in [2.45, 2.75) is 43.6 Å². The van der Waals surface area contributed by atoms with Crippen molar-refractivity contribution in [1.29, 1.82) is 0 Å². The predicted octanol–water partition coefficient (Wildman–Crippen LogP) is 2.19. The average molecular weight is 230 g/mol. The predicted molar refractivity (Wildman–Crippen MR) is 71.1 cm³/mol. The average Bonchev–Trinajstić information content (AvgIpc) is 3.08. The quantitative estimate of drug-likeness (QED) is 0.835. The number of rotatable bonds is 3. The maximum absolute atomic E-state index is 6.20. The molecule has 0 spiro atoms. The standard InChI is InChI=1S/C15H22N2/c16-15(6-7-15)11-12-2-1-3-14(10-12)13-4-8-17-9-5-13/h1-3,10,13,17H,4-9,11,16H2. The van der Waals surface area contributed by atoms with E-state index in [1.165, 1.54) is 36.8 Å². The first-order valence-corrected chi connectivity index (χ1v) is 6.84. The first-order valence-electron chi connectivity index (χ1n) is 6.84. The van der Waals surface area contributed by atoms with Crippen LogP contribution in [0.25, 0.3) is 0 Å². The molecular weight excluding hydrogens is 208 g/mol. The molecule has 0 amide bonds. The van der Waals surface area contributed by atoms with Crippen molar-refractivity contribution < 1.29 is 0 Å². The third-order valence-corrected chi connectivity index (χ3v) is 4.21. The highest BCUT2D eigenvalue weighted by molar-refractivity contribution is 5.29. The number of hydrogen-bond acceptors (Lipinski definition) is 2. The maximum atomic E-state index is 6.20. The molecule has 0 aromatic heterocycles. The van der Waals surface area contributed by atoms with E-state index >= 15 is 0 Å². The van der Waals surface area contributed by atoms with Gasteiger partial charge in [0.1, 0.15) is 0 Å². The molecule has 3 N–H and O–H groups in total. The van der Waals surface area contributed by atoms with Crippen LogP contribution in [0.5, 0.6) is 0 Å². The molecular formula is C15H22N2. The van der Waals surface area contributed by atoms with Crippen LogP contribution in [0.2, 0.25) is 0 Å². The number of nitrogens with one attached hydrogen (secondary N) is 1. The monoisotopic (exact) mass is 230 g/mol. The summed E-state index contributed by atoms with van der Waals surface area (Å²) in [7, 11) is 0. The Balaban J connectivity index is 1.73. The Morgan fingerprint density at radius 3 is 2.71 bits per heavy atom. The molecule has 2 aliphatic rings. The van der Waals surface area contributed by atoms with Crippen LogP contribution in [0.1, 0.15) is 42.7 Å². The van der Waals surface area contributed by atoms with Crippen molar-refractivity contribution >= 4 is 0 Å². The molecule has 1 heterocycles. The Hall–Kier alpha value is -0.860. The SMILES string of the molecule is NC1(Cc2cccc(C3CCNCC3)c2)CC1. The van der Waals surface area contributed by atoms with Gasteiger partial charge in [0.15, 0.2) is 0 Å². The third-order valence-electron chi connectivity index (χ3n) is 4.21. The summed E-state index contributed by atoms with van der Waals surface area (Å²) in [5.74, 6) is 0.754. The lowest BCUT2D eigenvalue weighted by Crippen LogP contribution is -2.27. The largest absolute Gasteiger partial charge is 0.325 e. The van der Waals surface area contributed by atoms with E-state index in [2.05, 4.69) is 29.6 Å². The van der Waals surface area contributed by atoms with Crippen LogP contribution in [0.3, 0.4) is 0 Å². The Morgan fingerprint density at radius 1 is 1.24 bits per heavy atom. The second kappa shape index (κ2) is 4.43. The normalized spacial score (nSPS) is 23.6. The summed E-state index contributed by atoms with van der Waals surface area (Å²) in [5, 5.41) is 3.43. The summed E-state index contributed by atoms with van der Waals surface area (Å²) in [5.41, 5.74) is 9.28. The van der Waals surface area contributed by atoms with Crippen LogP contribution in [0.15, 0.2) is 24.3 Å². The molecule has 0 atom stereocenters. The first-order chi connectivity index (χ1) is 8.25. The number of hydrogen-bond donors (Lipinski definition) is 2. The van der Waals surface area contributed by atoms with Crippen LogP contribution in [-0.4, -0.2) is 18.6 Å². The molecule has 0 unspecified atom stereocenters. The molecule has 17 heavy (non-hydrogen) atoms. The second-order valence-electron chi connectivity index (χ2n) is 5.81. The number of benzene rings is 1. The molecule has 0 bridgehead atoms. The molecule has 92 valence electrons. The lowest BCUT2D eigenvalue weighted by molar-refractivity contribution is 0.460. The minimum Gasteiger partial charge on any atom is -0.325 e. The van der Waals surface area contributed by atoms with E-state index < -0.39 is 0 Å². The summed E-state index contributed by atoms with van der Waals surface area (Å²) in [6.07, 6.45) is 6.01. The first kappa shape index (κ1) is 11.2. The van der Waals surface area contributed by atoms with Crippen molar-refractivity contribution in [2.24, 2.45) is 5.73 Å². The van der Waals surface area contributed by atoms with Gasteiger partial charge in [-0.1, -0.05) is 24.3 Å². The van der Waals surface area contributed by atoms with Crippen molar-refractivity contribution in [2.75, 3.05) is 13.1 Å². The fourth-order valence-corrected chi connectivity index (χ4v) is 2.86. The number of piperidine rings is 1. The van der Waals surface area contributed by atoms with E-state index in [1.807, 2.05) is 0 Å². The van der Waals surface area contributed by atoms with Gasteiger partial charge < -0.3 is 11.1 Å².